The second kappa shape index (κ2) is 8.49. The molecule has 0 radical (unpaired) electrons. The average Bonchev–Trinajstić information content (AvgIpc) is 2.69. The number of amides is 2. The number of carbonyl (C=O) groups excluding carboxylic acids is 2. The van der Waals surface area contributed by atoms with Crippen molar-refractivity contribution in [3.8, 4) is 0 Å². The van der Waals surface area contributed by atoms with Gasteiger partial charge in [0.05, 0.1) is 16.2 Å². The van der Waals surface area contributed by atoms with Crippen molar-refractivity contribution in [2.75, 3.05) is 20.6 Å². The number of sulfonamides is 1. The van der Waals surface area contributed by atoms with Crippen LogP contribution < -0.4 is 15.9 Å². The fraction of sp³-hybridized carbons (Fsp3) is 0.318. The summed E-state index contributed by atoms with van der Waals surface area (Å²) in [5.74, 6) is -0.915. The first-order valence-corrected chi connectivity index (χ1v) is 11.1. The molecule has 1 aliphatic heterocycles. The number of hydrogen-bond donors (Lipinski definition) is 1. The van der Waals surface area contributed by atoms with Gasteiger partial charge in [-0.3, -0.25) is 9.59 Å². The summed E-state index contributed by atoms with van der Waals surface area (Å²) in [5, 5.41) is 4.41. The van der Waals surface area contributed by atoms with Crippen molar-refractivity contribution in [2.24, 2.45) is 10.9 Å². The van der Waals surface area contributed by atoms with Gasteiger partial charge >= 0.3 is 0 Å². The maximum atomic E-state index is 12.4. The SMILES string of the molecule is Cc1cc2c(cc1C)=NC(=O)C(CCNC(=O)c1ccc(S(=O)(=O)N(C)C)cc1)C=2. The van der Waals surface area contributed by atoms with Crippen molar-refractivity contribution in [2.45, 2.75) is 25.2 Å². The molecule has 2 aromatic rings. The van der Waals surface area contributed by atoms with Crippen molar-refractivity contribution in [1.82, 2.24) is 9.62 Å². The number of nitrogens with zero attached hydrogens (tertiary/aromatic N) is 2. The number of rotatable bonds is 6. The number of benzene rings is 2. The maximum absolute atomic E-state index is 12.4. The standard InChI is InChI=1S/C22H25N3O4S/c1-14-11-18-13-17(22(27)24-20(18)12-15(14)2)9-10-23-21(26)16-5-7-19(8-6-16)30(28,29)25(3)4/h5-8,11-13,17H,9-10H2,1-4H3,(H,23,26). The summed E-state index contributed by atoms with van der Waals surface area (Å²) < 4.78 is 25.3. The second-order valence-electron chi connectivity index (χ2n) is 7.57. The highest BCUT2D eigenvalue weighted by Crippen LogP contribution is 2.14. The topological polar surface area (TPSA) is 95.9 Å². The third kappa shape index (κ3) is 4.49. The number of aryl methyl sites for hydroxylation is 2. The zero-order valence-electron chi connectivity index (χ0n) is 17.5. The first-order valence-electron chi connectivity index (χ1n) is 9.62. The third-order valence-electron chi connectivity index (χ3n) is 5.21. The van der Waals surface area contributed by atoms with Crippen molar-refractivity contribution in [1.29, 1.82) is 0 Å². The molecule has 1 N–H and O–H groups in total. The van der Waals surface area contributed by atoms with Gasteiger partial charge in [-0.2, -0.15) is 0 Å². The third-order valence-corrected chi connectivity index (χ3v) is 7.04. The van der Waals surface area contributed by atoms with E-state index in [1.165, 1.54) is 38.4 Å². The molecular formula is C22H25N3O4S. The summed E-state index contributed by atoms with van der Waals surface area (Å²) in [5.41, 5.74) is 2.59. The quantitative estimate of drug-likeness (QED) is 0.742. The van der Waals surface area contributed by atoms with Gasteiger partial charge < -0.3 is 5.32 Å². The summed E-state index contributed by atoms with van der Waals surface area (Å²) in [6.45, 7) is 4.31. The highest BCUT2D eigenvalue weighted by atomic mass is 32.2. The minimum Gasteiger partial charge on any atom is -0.352 e. The zero-order valence-corrected chi connectivity index (χ0v) is 18.3. The van der Waals surface area contributed by atoms with Crippen LogP contribution in [0.1, 0.15) is 27.9 Å². The largest absolute Gasteiger partial charge is 0.352 e. The highest BCUT2D eigenvalue weighted by Gasteiger charge is 2.20. The van der Waals surface area contributed by atoms with E-state index in [0.717, 1.165) is 20.7 Å². The molecule has 0 saturated carbocycles. The molecule has 1 aliphatic rings. The molecule has 0 bridgehead atoms. The first-order chi connectivity index (χ1) is 14.1. The molecule has 7 nitrogen and oxygen atoms in total. The van der Waals surface area contributed by atoms with Gasteiger partial charge in [-0.1, -0.05) is 6.08 Å². The normalized spacial score (nSPS) is 15.9. The highest BCUT2D eigenvalue weighted by molar-refractivity contribution is 7.89. The molecule has 158 valence electrons. The van der Waals surface area contributed by atoms with Crippen LogP contribution in [-0.2, 0) is 14.8 Å². The second-order valence-corrected chi connectivity index (χ2v) is 9.73. The summed E-state index contributed by atoms with van der Waals surface area (Å²) >= 11 is 0. The molecule has 1 heterocycles. The van der Waals surface area contributed by atoms with Crippen LogP contribution in [0.4, 0.5) is 0 Å². The van der Waals surface area contributed by atoms with Gasteiger partial charge in [-0.05, 0) is 73.0 Å². The van der Waals surface area contributed by atoms with Crippen molar-refractivity contribution in [3.05, 3.63) is 63.7 Å². The predicted octanol–water partition coefficient (Wildman–Crippen LogP) is 0.930. The van der Waals surface area contributed by atoms with Crippen molar-refractivity contribution >= 4 is 27.9 Å². The number of fused-ring (bicyclic) bond motifs is 1. The fourth-order valence-corrected chi connectivity index (χ4v) is 4.08. The summed E-state index contributed by atoms with van der Waals surface area (Å²) in [6, 6.07) is 9.69. The molecule has 1 atom stereocenters. The number of carbonyl (C=O) groups is 2. The molecule has 0 aromatic heterocycles. The monoisotopic (exact) mass is 427 g/mol. The lowest BCUT2D eigenvalue weighted by molar-refractivity contribution is -0.120. The molecule has 1 unspecified atom stereocenters. The molecule has 0 saturated heterocycles. The zero-order chi connectivity index (χ0) is 22.1. The van der Waals surface area contributed by atoms with Crippen LogP contribution in [0.15, 0.2) is 46.3 Å². The van der Waals surface area contributed by atoms with E-state index in [2.05, 4.69) is 10.3 Å². The summed E-state index contributed by atoms with van der Waals surface area (Å²) in [7, 11) is -0.636. The molecule has 30 heavy (non-hydrogen) atoms. The van der Waals surface area contributed by atoms with Crippen LogP contribution in [0.3, 0.4) is 0 Å². The number of nitrogens with one attached hydrogen (secondary N) is 1. The van der Waals surface area contributed by atoms with Crippen molar-refractivity contribution in [3.63, 3.8) is 0 Å². The molecule has 2 amide bonds. The molecule has 0 aliphatic carbocycles. The van der Waals surface area contributed by atoms with Crippen LogP contribution >= 0.6 is 0 Å². The van der Waals surface area contributed by atoms with Gasteiger partial charge in [0.1, 0.15) is 0 Å². The minimum atomic E-state index is -3.54. The van der Waals surface area contributed by atoms with Gasteiger partial charge in [-0.15, -0.1) is 0 Å². The van der Waals surface area contributed by atoms with Crippen LogP contribution in [0.5, 0.6) is 0 Å². The van der Waals surface area contributed by atoms with Crippen molar-refractivity contribution < 1.29 is 18.0 Å². The average molecular weight is 428 g/mol. The Morgan fingerprint density at radius 3 is 2.37 bits per heavy atom. The number of hydrogen-bond acceptors (Lipinski definition) is 4. The van der Waals surface area contributed by atoms with E-state index in [-0.39, 0.29) is 22.6 Å². The molecule has 3 rings (SSSR count). The molecule has 8 heteroatoms. The Kier molecular flexibility index (Phi) is 6.19. The van der Waals surface area contributed by atoms with Gasteiger partial charge in [-0.25, -0.2) is 17.7 Å². The van der Waals surface area contributed by atoms with Crippen LogP contribution in [0.2, 0.25) is 0 Å². The van der Waals surface area contributed by atoms with Gasteiger partial charge in [0.15, 0.2) is 0 Å². The van der Waals surface area contributed by atoms with Crippen LogP contribution in [0.25, 0.3) is 6.08 Å². The van der Waals surface area contributed by atoms with Gasteiger partial charge in [0.25, 0.3) is 11.8 Å². The molecule has 0 fully saturated rings. The Morgan fingerprint density at radius 1 is 1.10 bits per heavy atom. The van der Waals surface area contributed by atoms with E-state index in [1.807, 2.05) is 32.1 Å². The molecular weight excluding hydrogens is 402 g/mol. The first kappa shape index (κ1) is 21.9. The van der Waals surface area contributed by atoms with Gasteiger partial charge in [0, 0.05) is 26.2 Å². The van der Waals surface area contributed by atoms with Crippen LogP contribution in [-0.4, -0.2) is 45.2 Å². The Balaban J connectivity index is 1.64. The summed E-state index contributed by atoms with van der Waals surface area (Å²) in [6.07, 6.45) is 2.34. The van der Waals surface area contributed by atoms with E-state index in [0.29, 0.717) is 23.9 Å². The van der Waals surface area contributed by atoms with E-state index in [1.54, 1.807) is 0 Å². The smallest absolute Gasteiger partial charge is 0.253 e. The lowest BCUT2D eigenvalue weighted by Gasteiger charge is -2.14. The Morgan fingerprint density at radius 2 is 1.73 bits per heavy atom. The molecule has 0 spiro atoms. The van der Waals surface area contributed by atoms with E-state index in [9.17, 15) is 18.0 Å². The Bertz CT molecular complexity index is 1220. The molecule has 2 aromatic carbocycles. The van der Waals surface area contributed by atoms with Gasteiger partial charge in [0.2, 0.25) is 10.0 Å². The summed E-state index contributed by atoms with van der Waals surface area (Å²) in [4.78, 5) is 29.0. The fourth-order valence-electron chi connectivity index (χ4n) is 3.18. The minimum absolute atomic E-state index is 0.122. The van der Waals surface area contributed by atoms with E-state index < -0.39 is 10.0 Å². The Labute approximate surface area is 176 Å². The van der Waals surface area contributed by atoms with E-state index >= 15 is 0 Å². The maximum Gasteiger partial charge on any atom is 0.253 e. The Hall–Kier alpha value is -2.84. The lowest BCUT2D eigenvalue weighted by Crippen LogP contribution is -2.36. The van der Waals surface area contributed by atoms with Crippen LogP contribution in [0, 0.1) is 19.8 Å². The predicted molar refractivity (Wildman–Crippen MR) is 114 cm³/mol. The lowest BCUT2D eigenvalue weighted by atomic mass is 9.98. The van der Waals surface area contributed by atoms with E-state index in [4.69, 9.17) is 0 Å².